The van der Waals surface area contributed by atoms with Gasteiger partial charge in [0.2, 0.25) is 17.7 Å². The number of benzene rings is 2. The molecule has 0 saturated heterocycles. The van der Waals surface area contributed by atoms with E-state index in [2.05, 4.69) is 10.6 Å². The second-order valence-electron chi connectivity index (χ2n) is 12.8. The summed E-state index contributed by atoms with van der Waals surface area (Å²) in [7, 11) is 4.77. The number of alkyl carbamates (subject to hydrolysis) is 1. The Morgan fingerprint density at radius 3 is 2.18 bits per heavy atom. The molecule has 242 valence electrons. The maximum Gasteiger partial charge on any atom is 0.408 e. The highest BCUT2D eigenvalue weighted by atomic mass is 32.1. The molecule has 0 aliphatic rings. The van der Waals surface area contributed by atoms with Gasteiger partial charge in [-0.2, -0.15) is 0 Å². The first kappa shape index (κ1) is 35.3. The molecule has 3 rings (SSSR count). The number of amides is 4. The minimum absolute atomic E-state index is 0.279. The highest BCUT2D eigenvalue weighted by Gasteiger charge is 2.35. The first-order valence-corrected chi connectivity index (χ1v) is 15.9. The van der Waals surface area contributed by atoms with Gasteiger partial charge < -0.3 is 25.2 Å². The third-order valence-electron chi connectivity index (χ3n) is 7.44. The molecule has 1 aromatic heterocycles. The Bertz CT molecular complexity index is 1510. The molecule has 0 aliphatic carbocycles. The number of thiophene rings is 1. The molecule has 0 aliphatic heterocycles. The van der Waals surface area contributed by atoms with Crippen LogP contribution in [0, 0.1) is 0 Å². The van der Waals surface area contributed by atoms with E-state index in [0.717, 1.165) is 21.2 Å². The van der Waals surface area contributed by atoms with Crippen molar-refractivity contribution in [2.75, 3.05) is 21.1 Å². The van der Waals surface area contributed by atoms with Gasteiger partial charge in [-0.1, -0.05) is 54.6 Å². The zero-order valence-electron chi connectivity index (χ0n) is 27.5. The number of hydrogen-bond acceptors (Lipinski definition) is 6. The van der Waals surface area contributed by atoms with Crippen LogP contribution in [0.3, 0.4) is 0 Å². The normalized spacial score (nSPS) is 13.2. The standard InChI is InChI=1S/C35H46N4O5S/c1-34(2,3)44-33(43)37-35(4,5)20-14-19-30(40)38(7)28(22-25-23-45-29-18-13-12-17-26(25)29)32(42)39(8)27(31(41)36-6)21-24-15-10-9-11-16-24/h9-19,23,27-28H,20-22H2,1-8H3,(H,36,41)(H,37,43)/t27-,28-/m1/s1. The largest absolute Gasteiger partial charge is 0.444 e. The molecule has 2 atom stereocenters. The van der Waals surface area contributed by atoms with E-state index < -0.39 is 29.3 Å². The monoisotopic (exact) mass is 634 g/mol. The quantitative estimate of drug-likeness (QED) is 0.262. The van der Waals surface area contributed by atoms with Crippen LogP contribution in [0.5, 0.6) is 0 Å². The van der Waals surface area contributed by atoms with E-state index in [4.69, 9.17) is 4.74 Å². The van der Waals surface area contributed by atoms with Gasteiger partial charge in [-0.05, 0) is 75.1 Å². The van der Waals surface area contributed by atoms with Crippen LogP contribution in [0.15, 0.2) is 72.1 Å². The van der Waals surface area contributed by atoms with Crippen LogP contribution < -0.4 is 10.6 Å². The van der Waals surface area contributed by atoms with Crippen molar-refractivity contribution in [1.82, 2.24) is 20.4 Å². The summed E-state index contributed by atoms with van der Waals surface area (Å²) in [6.07, 6.45) is 3.53. The topological polar surface area (TPSA) is 108 Å². The van der Waals surface area contributed by atoms with Crippen molar-refractivity contribution in [3.05, 3.63) is 83.3 Å². The summed E-state index contributed by atoms with van der Waals surface area (Å²) in [5.41, 5.74) is 0.560. The number of rotatable bonds is 12. The van der Waals surface area contributed by atoms with E-state index in [1.54, 1.807) is 59.3 Å². The lowest BCUT2D eigenvalue weighted by Crippen LogP contribution is -2.55. The number of carbonyl (C=O) groups is 4. The van der Waals surface area contributed by atoms with Gasteiger partial charge in [0.1, 0.15) is 17.7 Å². The highest BCUT2D eigenvalue weighted by Crippen LogP contribution is 2.28. The maximum atomic E-state index is 14.2. The summed E-state index contributed by atoms with van der Waals surface area (Å²) in [5.74, 6) is -0.997. The predicted octanol–water partition coefficient (Wildman–Crippen LogP) is 5.34. The SMILES string of the molecule is CNC(=O)[C@@H](Cc1ccccc1)N(C)C(=O)[C@@H](Cc1csc2ccccc12)N(C)C(=O)C=CCC(C)(C)NC(=O)OC(C)(C)C. The van der Waals surface area contributed by atoms with E-state index in [1.807, 2.05) is 73.8 Å². The van der Waals surface area contributed by atoms with Gasteiger partial charge in [0.15, 0.2) is 0 Å². The summed E-state index contributed by atoms with van der Waals surface area (Å²) in [6.45, 7) is 9.05. The highest BCUT2D eigenvalue weighted by molar-refractivity contribution is 7.17. The minimum atomic E-state index is -0.874. The number of carbonyl (C=O) groups excluding carboxylic acids is 4. The summed E-state index contributed by atoms with van der Waals surface area (Å²) < 4.78 is 6.45. The fourth-order valence-corrected chi connectivity index (χ4v) is 5.92. The molecular weight excluding hydrogens is 588 g/mol. The van der Waals surface area contributed by atoms with Crippen molar-refractivity contribution >= 4 is 45.2 Å². The van der Waals surface area contributed by atoms with E-state index in [0.29, 0.717) is 12.8 Å². The van der Waals surface area contributed by atoms with Crippen LogP contribution in [-0.4, -0.2) is 78.0 Å². The average Bonchev–Trinajstić information content (AvgIpc) is 3.39. The number of ether oxygens (including phenoxy) is 1. The first-order valence-electron chi connectivity index (χ1n) is 15.0. The molecule has 4 amide bonds. The van der Waals surface area contributed by atoms with Crippen molar-refractivity contribution in [3.8, 4) is 0 Å². The molecule has 45 heavy (non-hydrogen) atoms. The Morgan fingerprint density at radius 2 is 1.53 bits per heavy atom. The van der Waals surface area contributed by atoms with Crippen LogP contribution in [0.2, 0.25) is 0 Å². The Kier molecular flexibility index (Phi) is 11.9. The lowest BCUT2D eigenvalue weighted by molar-refractivity contribution is -0.146. The lowest BCUT2D eigenvalue weighted by atomic mass is 9.99. The molecular formula is C35H46N4O5S. The Balaban J connectivity index is 1.86. The molecule has 2 aromatic carbocycles. The first-order chi connectivity index (χ1) is 21.1. The number of hydrogen-bond donors (Lipinski definition) is 2. The third kappa shape index (κ3) is 10.2. The zero-order chi connectivity index (χ0) is 33.4. The van der Waals surface area contributed by atoms with Crippen molar-refractivity contribution in [2.45, 2.75) is 77.1 Å². The smallest absolute Gasteiger partial charge is 0.408 e. The zero-order valence-corrected chi connectivity index (χ0v) is 28.4. The van der Waals surface area contributed by atoms with Crippen molar-refractivity contribution in [1.29, 1.82) is 0 Å². The molecule has 2 N–H and O–H groups in total. The van der Waals surface area contributed by atoms with Gasteiger partial charge in [0.05, 0.1) is 0 Å². The van der Waals surface area contributed by atoms with Gasteiger partial charge in [-0.15, -0.1) is 11.3 Å². The van der Waals surface area contributed by atoms with Crippen molar-refractivity contribution in [3.63, 3.8) is 0 Å². The fourth-order valence-electron chi connectivity index (χ4n) is 4.94. The predicted molar refractivity (Wildman–Crippen MR) is 180 cm³/mol. The molecule has 0 unspecified atom stereocenters. The van der Waals surface area contributed by atoms with Gasteiger partial charge in [-0.25, -0.2) is 4.79 Å². The summed E-state index contributed by atoms with van der Waals surface area (Å²) in [6, 6.07) is 15.8. The summed E-state index contributed by atoms with van der Waals surface area (Å²) >= 11 is 1.59. The molecule has 0 spiro atoms. The minimum Gasteiger partial charge on any atom is -0.444 e. The molecule has 0 bridgehead atoms. The Morgan fingerprint density at radius 1 is 0.889 bits per heavy atom. The van der Waals surface area contributed by atoms with Gasteiger partial charge in [-0.3, -0.25) is 14.4 Å². The molecule has 9 nitrogen and oxygen atoms in total. The Labute approximate surface area is 270 Å². The van der Waals surface area contributed by atoms with E-state index >= 15 is 0 Å². The van der Waals surface area contributed by atoms with Gasteiger partial charge >= 0.3 is 6.09 Å². The van der Waals surface area contributed by atoms with Crippen LogP contribution >= 0.6 is 11.3 Å². The number of likely N-dealkylation sites (N-methyl/N-ethyl adjacent to an activating group) is 3. The van der Waals surface area contributed by atoms with Crippen LogP contribution in [0.1, 0.15) is 52.2 Å². The molecule has 1 heterocycles. The third-order valence-corrected chi connectivity index (χ3v) is 8.45. The lowest BCUT2D eigenvalue weighted by Gasteiger charge is -2.34. The molecule has 0 saturated carbocycles. The number of fused-ring (bicyclic) bond motifs is 1. The van der Waals surface area contributed by atoms with E-state index in [9.17, 15) is 19.2 Å². The molecule has 0 radical (unpaired) electrons. The van der Waals surface area contributed by atoms with Gasteiger partial charge in [0.25, 0.3) is 0 Å². The summed E-state index contributed by atoms with van der Waals surface area (Å²) in [4.78, 5) is 56.0. The second kappa shape index (κ2) is 15.2. The number of nitrogens with one attached hydrogen (secondary N) is 2. The van der Waals surface area contributed by atoms with Crippen molar-refractivity contribution < 1.29 is 23.9 Å². The van der Waals surface area contributed by atoms with Crippen molar-refractivity contribution in [2.24, 2.45) is 0 Å². The van der Waals surface area contributed by atoms with E-state index in [-0.39, 0.29) is 24.1 Å². The maximum absolute atomic E-state index is 14.2. The number of nitrogens with zero attached hydrogens (tertiary/aromatic N) is 2. The van der Waals surface area contributed by atoms with Crippen LogP contribution in [-0.2, 0) is 32.0 Å². The second-order valence-corrected chi connectivity index (χ2v) is 13.7. The Hall–Kier alpha value is -4.18. The molecule has 10 heteroatoms. The van der Waals surface area contributed by atoms with Crippen LogP contribution in [0.4, 0.5) is 4.79 Å². The average molecular weight is 635 g/mol. The van der Waals surface area contributed by atoms with E-state index in [1.165, 1.54) is 15.9 Å². The van der Waals surface area contributed by atoms with Crippen LogP contribution in [0.25, 0.3) is 10.1 Å². The summed E-state index contributed by atoms with van der Waals surface area (Å²) in [5, 5.41) is 8.57. The van der Waals surface area contributed by atoms with Gasteiger partial charge in [0, 0.05) is 44.2 Å². The molecule has 3 aromatic rings. The fraction of sp³-hybridized carbons (Fsp3) is 0.429. The molecule has 0 fully saturated rings.